The summed E-state index contributed by atoms with van der Waals surface area (Å²) in [6.07, 6.45) is 5.75. The van der Waals surface area contributed by atoms with Gasteiger partial charge in [0.25, 0.3) is 0 Å². The zero-order chi connectivity index (χ0) is 18.3. The highest BCUT2D eigenvalue weighted by Gasteiger charge is 2.47. The van der Waals surface area contributed by atoms with Crippen molar-refractivity contribution in [2.24, 2.45) is 5.41 Å². The zero-order valence-electron chi connectivity index (χ0n) is 16.5. The third kappa shape index (κ3) is 3.29. The average molecular weight is 361 g/mol. The molecule has 1 atom stereocenters. The summed E-state index contributed by atoms with van der Waals surface area (Å²) in [5.41, 5.74) is 2.58. The SMILES string of the molecule is Cc1noc(C)c1CN1CCC2(CC1)CC(C(=O)N1CCCC1)N(C)C2. The van der Waals surface area contributed by atoms with Gasteiger partial charge < -0.3 is 9.42 Å². The van der Waals surface area contributed by atoms with Crippen LogP contribution in [-0.2, 0) is 11.3 Å². The average Bonchev–Trinajstić information content (AvgIpc) is 3.33. The van der Waals surface area contributed by atoms with Crippen molar-refractivity contribution in [3.63, 3.8) is 0 Å². The quantitative estimate of drug-likeness (QED) is 0.827. The van der Waals surface area contributed by atoms with E-state index in [1.165, 1.54) is 31.2 Å². The molecular formula is C20H32N4O2. The first kappa shape index (κ1) is 18.0. The van der Waals surface area contributed by atoms with Gasteiger partial charge in [0.05, 0.1) is 11.7 Å². The molecule has 0 radical (unpaired) electrons. The fourth-order valence-electron chi connectivity index (χ4n) is 5.19. The highest BCUT2D eigenvalue weighted by molar-refractivity contribution is 5.82. The molecule has 4 heterocycles. The molecule has 1 aromatic heterocycles. The van der Waals surface area contributed by atoms with Crippen LogP contribution >= 0.6 is 0 Å². The van der Waals surface area contributed by atoms with E-state index in [9.17, 15) is 4.79 Å². The van der Waals surface area contributed by atoms with E-state index in [-0.39, 0.29) is 6.04 Å². The monoisotopic (exact) mass is 360 g/mol. The minimum atomic E-state index is 0.0993. The van der Waals surface area contributed by atoms with Crippen LogP contribution in [0.3, 0.4) is 0 Å². The molecule has 3 fully saturated rings. The van der Waals surface area contributed by atoms with Crippen molar-refractivity contribution < 1.29 is 9.32 Å². The zero-order valence-corrected chi connectivity index (χ0v) is 16.5. The lowest BCUT2D eigenvalue weighted by Gasteiger charge is -2.39. The summed E-state index contributed by atoms with van der Waals surface area (Å²) < 4.78 is 5.31. The Morgan fingerprint density at radius 1 is 1.19 bits per heavy atom. The smallest absolute Gasteiger partial charge is 0.239 e. The van der Waals surface area contributed by atoms with Crippen LogP contribution in [0, 0.1) is 19.3 Å². The van der Waals surface area contributed by atoms with Crippen LogP contribution in [0.2, 0.25) is 0 Å². The number of carbonyl (C=O) groups is 1. The van der Waals surface area contributed by atoms with Gasteiger partial charge in [0.1, 0.15) is 5.76 Å². The number of amides is 1. The molecule has 0 saturated carbocycles. The summed E-state index contributed by atoms with van der Waals surface area (Å²) in [5.74, 6) is 1.32. The second kappa shape index (κ2) is 6.97. The van der Waals surface area contributed by atoms with E-state index < -0.39 is 0 Å². The number of likely N-dealkylation sites (N-methyl/N-ethyl adjacent to an activating group) is 1. The van der Waals surface area contributed by atoms with Crippen molar-refractivity contribution in [3.05, 3.63) is 17.0 Å². The Labute approximate surface area is 156 Å². The molecule has 3 aliphatic heterocycles. The normalized spacial score (nSPS) is 26.9. The first-order chi connectivity index (χ1) is 12.5. The molecule has 1 unspecified atom stereocenters. The van der Waals surface area contributed by atoms with Crippen LogP contribution in [0.1, 0.15) is 49.1 Å². The van der Waals surface area contributed by atoms with E-state index in [0.717, 1.165) is 57.1 Å². The maximum absolute atomic E-state index is 12.9. The maximum atomic E-state index is 12.9. The van der Waals surface area contributed by atoms with Gasteiger partial charge in [-0.05, 0) is 71.5 Å². The summed E-state index contributed by atoms with van der Waals surface area (Å²) in [6, 6.07) is 0.0993. The van der Waals surface area contributed by atoms with E-state index >= 15 is 0 Å². The van der Waals surface area contributed by atoms with Gasteiger partial charge in [-0.1, -0.05) is 5.16 Å². The van der Waals surface area contributed by atoms with Gasteiger partial charge in [-0.15, -0.1) is 0 Å². The number of hydrogen-bond acceptors (Lipinski definition) is 5. The molecule has 26 heavy (non-hydrogen) atoms. The Bertz CT molecular complexity index is 637. The summed E-state index contributed by atoms with van der Waals surface area (Å²) in [4.78, 5) is 19.8. The van der Waals surface area contributed by atoms with Crippen molar-refractivity contribution in [2.75, 3.05) is 39.8 Å². The minimum absolute atomic E-state index is 0.0993. The fourth-order valence-corrected chi connectivity index (χ4v) is 5.19. The number of nitrogens with zero attached hydrogens (tertiary/aromatic N) is 4. The van der Waals surface area contributed by atoms with Gasteiger partial charge in [0, 0.05) is 31.7 Å². The van der Waals surface area contributed by atoms with Crippen molar-refractivity contribution in [1.82, 2.24) is 19.9 Å². The largest absolute Gasteiger partial charge is 0.361 e. The minimum Gasteiger partial charge on any atom is -0.361 e. The predicted molar refractivity (Wildman–Crippen MR) is 99.8 cm³/mol. The lowest BCUT2D eigenvalue weighted by molar-refractivity contribution is -0.134. The number of piperidine rings is 1. The number of hydrogen-bond donors (Lipinski definition) is 0. The summed E-state index contributed by atoms with van der Waals surface area (Å²) in [6.45, 7) is 10.1. The number of rotatable bonds is 3. The highest BCUT2D eigenvalue weighted by Crippen LogP contribution is 2.43. The van der Waals surface area contributed by atoms with Gasteiger partial charge in [-0.3, -0.25) is 14.6 Å². The van der Waals surface area contributed by atoms with Gasteiger partial charge in [0.2, 0.25) is 5.91 Å². The van der Waals surface area contributed by atoms with Gasteiger partial charge in [-0.25, -0.2) is 0 Å². The maximum Gasteiger partial charge on any atom is 0.239 e. The Hall–Kier alpha value is -1.40. The fraction of sp³-hybridized carbons (Fsp3) is 0.800. The molecule has 6 heteroatoms. The van der Waals surface area contributed by atoms with Gasteiger partial charge in [0.15, 0.2) is 0 Å². The predicted octanol–water partition coefficient (Wildman–Crippen LogP) is 2.20. The Morgan fingerprint density at radius 3 is 2.50 bits per heavy atom. The lowest BCUT2D eigenvalue weighted by Crippen LogP contribution is -2.42. The number of carbonyl (C=O) groups excluding carboxylic acids is 1. The standard InChI is InChI=1S/C20H32N4O2/c1-15-17(16(2)26-21-15)13-23-10-6-20(7-11-23)12-18(22(3)14-20)19(25)24-8-4-5-9-24/h18H,4-14H2,1-3H3. The van der Waals surface area contributed by atoms with Crippen LogP contribution in [-0.4, -0.2) is 71.6 Å². The Kier molecular flexibility index (Phi) is 4.82. The molecular weight excluding hydrogens is 328 g/mol. The molecule has 144 valence electrons. The molecule has 3 aliphatic rings. The van der Waals surface area contributed by atoms with E-state index in [1.54, 1.807) is 0 Å². The van der Waals surface area contributed by atoms with E-state index in [4.69, 9.17) is 4.52 Å². The molecule has 6 nitrogen and oxygen atoms in total. The summed E-state index contributed by atoms with van der Waals surface area (Å²) in [7, 11) is 2.14. The molecule has 0 N–H and O–H groups in total. The Balaban J connectivity index is 1.35. The molecule has 4 rings (SSSR count). The number of likely N-dealkylation sites (tertiary alicyclic amines) is 3. The summed E-state index contributed by atoms with van der Waals surface area (Å²) >= 11 is 0. The second-order valence-corrected chi connectivity index (χ2v) is 8.75. The van der Waals surface area contributed by atoms with Crippen molar-refractivity contribution in [1.29, 1.82) is 0 Å². The number of aryl methyl sites for hydroxylation is 2. The molecule has 0 bridgehead atoms. The third-order valence-electron chi connectivity index (χ3n) is 6.93. The molecule has 0 aliphatic carbocycles. The molecule has 1 aromatic rings. The third-order valence-corrected chi connectivity index (χ3v) is 6.93. The first-order valence-electron chi connectivity index (χ1n) is 10.1. The van der Waals surface area contributed by atoms with Crippen LogP contribution in [0.15, 0.2) is 4.52 Å². The van der Waals surface area contributed by atoms with Crippen LogP contribution < -0.4 is 0 Å². The van der Waals surface area contributed by atoms with Gasteiger partial charge in [-0.2, -0.15) is 0 Å². The summed E-state index contributed by atoms with van der Waals surface area (Å²) in [5, 5.41) is 4.08. The van der Waals surface area contributed by atoms with Gasteiger partial charge >= 0.3 is 0 Å². The van der Waals surface area contributed by atoms with Crippen LogP contribution in [0.4, 0.5) is 0 Å². The van der Waals surface area contributed by atoms with Crippen molar-refractivity contribution >= 4 is 5.91 Å². The van der Waals surface area contributed by atoms with E-state index in [2.05, 4.69) is 26.9 Å². The second-order valence-electron chi connectivity index (χ2n) is 8.75. The van der Waals surface area contributed by atoms with Crippen LogP contribution in [0.5, 0.6) is 0 Å². The van der Waals surface area contributed by atoms with Crippen molar-refractivity contribution in [2.45, 2.75) is 58.5 Å². The molecule has 0 aromatic carbocycles. The van der Waals surface area contributed by atoms with E-state index in [0.29, 0.717) is 11.3 Å². The lowest BCUT2D eigenvalue weighted by atomic mass is 9.76. The Morgan fingerprint density at radius 2 is 1.88 bits per heavy atom. The van der Waals surface area contributed by atoms with E-state index in [1.807, 2.05) is 13.8 Å². The van der Waals surface area contributed by atoms with Crippen LogP contribution in [0.25, 0.3) is 0 Å². The first-order valence-corrected chi connectivity index (χ1v) is 10.1. The van der Waals surface area contributed by atoms with Crippen molar-refractivity contribution in [3.8, 4) is 0 Å². The molecule has 1 spiro atoms. The highest BCUT2D eigenvalue weighted by atomic mass is 16.5. The molecule has 3 saturated heterocycles. The topological polar surface area (TPSA) is 52.8 Å². The number of aromatic nitrogens is 1. The molecule has 1 amide bonds.